The number of hydrogen-bond donors (Lipinski definition) is 3. The van der Waals surface area contributed by atoms with Gasteiger partial charge in [0.1, 0.15) is 10.8 Å². The SMILES string of the molecule is Cc1ccsc1CNc1nc(C)c(-c2nc3ccccc3s2)c(N[C@H]2CC[C@@H](CO)C2)n1. The topological polar surface area (TPSA) is 83.0 Å². The highest BCUT2D eigenvalue weighted by molar-refractivity contribution is 7.21. The number of aromatic nitrogens is 3. The van der Waals surface area contributed by atoms with Crippen LogP contribution < -0.4 is 10.6 Å². The van der Waals surface area contributed by atoms with E-state index in [9.17, 15) is 5.11 Å². The van der Waals surface area contributed by atoms with Crippen LogP contribution in [0.15, 0.2) is 35.7 Å². The van der Waals surface area contributed by atoms with E-state index in [1.165, 1.54) is 10.4 Å². The van der Waals surface area contributed by atoms with E-state index < -0.39 is 0 Å². The molecule has 0 saturated heterocycles. The number of fused-ring (bicyclic) bond motifs is 1. The fraction of sp³-hybridized carbons (Fsp3) is 0.375. The number of rotatable bonds is 7. The number of hydrogen-bond acceptors (Lipinski definition) is 8. The van der Waals surface area contributed by atoms with Gasteiger partial charge in [0, 0.05) is 17.5 Å². The Hall–Kier alpha value is -2.55. The molecule has 1 aromatic carbocycles. The second kappa shape index (κ2) is 9.13. The van der Waals surface area contributed by atoms with Crippen molar-refractivity contribution in [3.63, 3.8) is 0 Å². The van der Waals surface area contributed by atoms with Crippen LogP contribution in [0.4, 0.5) is 11.8 Å². The number of aliphatic hydroxyl groups is 1. The summed E-state index contributed by atoms with van der Waals surface area (Å²) in [7, 11) is 0. The Balaban J connectivity index is 1.49. The van der Waals surface area contributed by atoms with Gasteiger partial charge in [-0.2, -0.15) is 4.98 Å². The van der Waals surface area contributed by atoms with Gasteiger partial charge < -0.3 is 15.7 Å². The fourth-order valence-electron chi connectivity index (χ4n) is 4.30. The van der Waals surface area contributed by atoms with Crippen molar-refractivity contribution in [2.24, 2.45) is 5.92 Å². The zero-order chi connectivity index (χ0) is 22.1. The van der Waals surface area contributed by atoms with Crippen molar-refractivity contribution in [2.75, 3.05) is 17.2 Å². The number of aliphatic hydroxyl groups excluding tert-OH is 1. The van der Waals surface area contributed by atoms with Crippen LogP contribution in [0.2, 0.25) is 0 Å². The molecule has 3 heterocycles. The summed E-state index contributed by atoms with van der Waals surface area (Å²) >= 11 is 3.41. The lowest BCUT2D eigenvalue weighted by Gasteiger charge is -2.18. The zero-order valence-electron chi connectivity index (χ0n) is 18.3. The smallest absolute Gasteiger partial charge is 0.225 e. The second-order valence-electron chi connectivity index (χ2n) is 8.43. The predicted molar refractivity (Wildman–Crippen MR) is 134 cm³/mol. The van der Waals surface area contributed by atoms with Gasteiger partial charge in [-0.05, 0) is 68.2 Å². The first kappa shape index (κ1) is 21.3. The van der Waals surface area contributed by atoms with E-state index in [1.54, 1.807) is 22.7 Å². The molecule has 1 fully saturated rings. The van der Waals surface area contributed by atoms with Crippen LogP contribution >= 0.6 is 22.7 Å². The van der Waals surface area contributed by atoms with Gasteiger partial charge in [0.25, 0.3) is 0 Å². The first-order valence-corrected chi connectivity index (χ1v) is 12.7. The largest absolute Gasteiger partial charge is 0.396 e. The summed E-state index contributed by atoms with van der Waals surface area (Å²) in [4.78, 5) is 15.9. The minimum atomic E-state index is 0.249. The highest BCUT2D eigenvalue weighted by Gasteiger charge is 2.26. The lowest BCUT2D eigenvalue weighted by molar-refractivity contribution is 0.229. The summed E-state index contributed by atoms with van der Waals surface area (Å²) in [5, 5.41) is 19.7. The molecule has 1 aliphatic carbocycles. The number of para-hydroxylation sites is 1. The number of aryl methyl sites for hydroxylation is 2. The molecule has 0 aliphatic heterocycles. The van der Waals surface area contributed by atoms with E-state index in [-0.39, 0.29) is 6.61 Å². The van der Waals surface area contributed by atoms with E-state index in [0.717, 1.165) is 51.6 Å². The normalized spacial score (nSPS) is 18.3. The van der Waals surface area contributed by atoms with Crippen molar-refractivity contribution in [2.45, 2.75) is 45.7 Å². The Morgan fingerprint density at radius 1 is 1.09 bits per heavy atom. The number of nitrogens with zero attached hydrogens (tertiary/aromatic N) is 3. The standard InChI is InChI=1S/C24H27N5OS2/c1-14-9-10-31-20(14)12-25-24-26-15(2)21(23-28-18-5-3-4-6-19(18)32-23)22(29-24)27-17-8-7-16(11-17)13-30/h3-6,9-10,16-17,30H,7-8,11-13H2,1-2H3,(H2,25,26,27,29)/t16-,17+/m1/s1. The van der Waals surface area contributed by atoms with Gasteiger partial charge in [-0.1, -0.05) is 12.1 Å². The van der Waals surface area contributed by atoms with Gasteiger partial charge >= 0.3 is 0 Å². The predicted octanol–water partition coefficient (Wildman–Crippen LogP) is 5.62. The Morgan fingerprint density at radius 2 is 1.97 bits per heavy atom. The Morgan fingerprint density at radius 3 is 2.72 bits per heavy atom. The average Bonchev–Trinajstić information content (AvgIpc) is 3.51. The highest BCUT2D eigenvalue weighted by Crippen LogP contribution is 2.38. The third kappa shape index (κ3) is 4.35. The average molecular weight is 466 g/mol. The van der Waals surface area contributed by atoms with Crippen LogP contribution in [-0.4, -0.2) is 32.7 Å². The number of thiazole rings is 1. The third-order valence-corrected chi connectivity index (χ3v) is 8.19. The molecule has 0 radical (unpaired) electrons. The van der Waals surface area contributed by atoms with Crippen LogP contribution in [0, 0.1) is 19.8 Å². The Labute approximate surface area is 195 Å². The molecule has 0 spiro atoms. The van der Waals surface area contributed by atoms with Gasteiger partial charge in [0.15, 0.2) is 0 Å². The van der Waals surface area contributed by atoms with Crippen molar-refractivity contribution in [1.82, 2.24) is 15.0 Å². The van der Waals surface area contributed by atoms with Crippen molar-refractivity contribution in [1.29, 1.82) is 0 Å². The second-order valence-corrected chi connectivity index (χ2v) is 10.5. The molecular weight excluding hydrogens is 438 g/mol. The van der Waals surface area contributed by atoms with E-state index in [0.29, 0.717) is 24.5 Å². The maximum absolute atomic E-state index is 9.56. The summed E-state index contributed by atoms with van der Waals surface area (Å²) in [6, 6.07) is 10.6. The fourth-order valence-corrected chi connectivity index (χ4v) is 6.21. The number of thiophene rings is 1. The molecular formula is C24H27N5OS2. The maximum Gasteiger partial charge on any atom is 0.225 e. The van der Waals surface area contributed by atoms with E-state index in [4.69, 9.17) is 15.0 Å². The molecule has 4 aromatic rings. The molecule has 32 heavy (non-hydrogen) atoms. The summed E-state index contributed by atoms with van der Waals surface area (Å²) in [6.07, 6.45) is 3.03. The van der Waals surface area contributed by atoms with Crippen LogP contribution in [0.1, 0.15) is 35.4 Å². The molecule has 3 N–H and O–H groups in total. The number of benzene rings is 1. The van der Waals surface area contributed by atoms with Crippen molar-refractivity contribution < 1.29 is 5.11 Å². The van der Waals surface area contributed by atoms with E-state index in [1.807, 2.05) is 25.1 Å². The highest BCUT2D eigenvalue weighted by atomic mass is 32.1. The van der Waals surface area contributed by atoms with Crippen molar-refractivity contribution in [3.05, 3.63) is 51.8 Å². The lowest BCUT2D eigenvalue weighted by atomic mass is 10.1. The first-order valence-electron chi connectivity index (χ1n) is 11.0. The Bertz CT molecular complexity index is 1200. The van der Waals surface area contributed by atoms with Crippen molar-refractivity contribution >= 4 is 44.7 Å². The molecule has 5 rings (SSSR count). The minimum absolute atomic E-state index is 0.249. The van der Waals surface area contributed by atoms with Gasteiger partial charge in [-0.3, -0.25) is 0 Å². The zero-order valence-corrected chi connectivity index (χ0v) is 19.9. The minimum Gasteiger partial charge on any atom is -0.396 e. The first-order chi connectivity index (χ1) is 15.6. The molecule has 3 aromatic heterocycles. The van der Waals surface area contributed by atoms with Gasteiger partial charge in [0.05, 0.1) is 28.0 Å². The molecule has 6 nitrogen and oxygen atoms in total. The third-order valence-electron chi connectivity index (χ3n) is 6.11. The molecule has 0 bridgehead atoms. The molecule has 0 amide bonds. The number of nitrogens with one attached hydrogen (secondary N) is 2. The summed E-state index contributed by atoms with van der Waals surface area (Å²) in [5.41, 5.74) is 4.15. The molecule has 0 unspecified atom stereocenters. The summed E-state index contributed by atoms with van der Waals surface area (Å²) in [5.74, 6) is 1.81. The summed E-state index contributed by atoms with van der Waals surface area (Å²) < 4.78 is 1.16. The molecule has 1 saturated carbocycles. The molecule has 2 atom stereocenters. The van der Waals surface area contributed by atoms with Crippen LogP contribution in [0.3, 0.4) is 0 Å². The molecule has 166 valence electrons. The van der Waals surface area contributed by atoms with Crippen LogP contribution in [-0.2, 0) is 6.54 Å². The van der Waals surface area contributed by atoms with Crippen LogP contribution in [0.5, 0.6) is 0 Å². The van der Waals surface area contributed by atoms with Gasteiger partial charge in [0.2, 0.25) is 5.95 Å². The lowest BCUT2D eigenvalue weighted by Crippen LogP contribution is -2.19. The van der Waals surface area contributed by atoms with Gasteiger partial charge in [-0.25, -0.2) is 9.97 Å². The van der Waals surface area contributed by atoms with Crippen molar-refractivity contribution in [3.8, 4) is 10.6 Å². The van der Waals surface area contributed by atoms with E-state index >= 15 is 0 Å². The van der Waals surface area contributed by atoms with E-state index in [2.05, 4.69) is 35.1 Å². The Kier molecular flexibility index (Phi) is 6.08. The van der Waals surface area contributed by atoms with Crippen LogP contribution in [0.25, 0.3) is 20.8 Å². The molecule has 8 heteroatoms. The maximum atomic E-state index is 9.56. The monoisotopic (exact) mass is 465 g/mol. The number of anilines is 2. The summed E-state index contributed by atoms with van der Waals surface area (Å²) in [6.45, 7) is 5.11. The quantitative estimate of drug-likeness (QED) is 0.329. The molecule has 1 aliphatic rings. The van der Waals surface area contributed by atoms with Gasteiger partial charge in [-0.15, -0.1) is 22.7 Å².